The summed E-state index contributed by atoms with van der Waals surface area (Å²) in [4.78, 5) is 10.5. The van der Waals surface area contributed by atoms with Crippen LogP contribution in [0.5, 0.6) is 5.75 Å². The predicted octanol–water partition coefficient (Wildman–Crippen LogP) is 3.06. The van der Waals surface area contributed by atoms with Gasteiger partial charge in [0.25, 0.3) is 0 Å². The second-order valence-electron chi connectivity index (χ2n) is 4.30. The smallest absolute Gasteiger partial charge is 0.332 e. The highest BCUT2D eigenvalue weighted by Crippen LogP contribution is 2.21. The van der Waals surface area contributed by atoms with E-state index in [9.17, 15) is 9.18 Å². The number of benzene rings is 2. The van der Waals surface area contributed by atoms with Crippen molar-refractivity contribution in [1.29, 1.82) is 0 Å². The minimum absolute atomic E-state index is 0.00559. The number of urea groups is 1. The summed E-state index contributed by atoms with van der Waals surface area (Å²) in [6.07, 6.45) is 1.41. The molecule has 0 fully saturated rings. The number of hydrogen-bond acceptors (Lipinski definition) is 3. The molecule has 22 heavy (non-hydrogen) atoms. The Morgan fingerprint density at radius 1 is 1.36 bits per heavy atom. The fourth-order valence-electron chi connectivity index (χ4n) is 1.68. The van der Waals surface area contributed by atoms with E-state index in [0.717, 1.165) is 0 Å². The molecular formula is C15H13ClFN3O2. The van der Waals surface area contributed by atoms with Crippen LogP contribution in [0.25, 0.3) is 0 Å². The maximum absolute atomic E-state index is 13.6. The molecule has 3 N–H and O–H groups in total. The maximum atomic E-state index is 13.6. The van der Waals surface area contributed by atoms with Crippen molar-refractivity contribution in [3.63, 3.8) is 0 Å². The van der Waals surface area contributed by atoms with Crippen molar-refractivity contribution < 1.29 is 13.9 Å². The highest BCUT2D eigenvalue weighted by atomic mass is 35.5. The first-order valence-electron chi connectivity index (χ1n) is 6.30. The van der Waals surface area contributed by atoms with Gasteiger partial charge in [-0.15, -0.1) is 0 Å². The second-order valence-corrected chi connectivity index (χ2v) is 4.70. The fourth-order valence-corrected chi connectivity index (χ4v) is 1.90. The summed E-state index contributed by atoms with van der Waals surface area (Å²) in [6.45, 7) is 0.00559. The van der Waals surface area contributed by atoms with E-state index in [4.69, 9.17) is 22.1 Å². The van der Waals surface area contributed by atoms with Crippen molar-refractivity contribution in [2.45, 2.75) is 6.61 Å². The summed E-state index contributed by atoms with van der Waals surface area (Å²) < 4.78 is 19.2. The first-order valence-corrected chi connectivity index (χ1v) is 6.68. The highest BCUT2D eigenvalue weighted by molar-refractivity contribution is 6.31. The first kappa shape index (κ1) is 15.8. The van der Waals surface area contributed by atoms with Crippen molar-refractivity contribution in [3.05, 3.63) is 64.4 Å². The molecular weight excluding hydrogens is 309 g/mol. The molecule has 2 amide bonds. The van der Waals surface area contributed by atoms with Gasteiger partial charge in [0, 0.05) is 5.56 Å². The van der Waals surface area contributed by atoms with Gasteiger partial charge in [-0.3, -0.25) is 0 Å². The number of carbonyl (C=O) groups excluding carboxylic acids is 1. The summed E-state index contributed by atoms with van der Waals surface area (Å²) >= 11 is 5.93. The van der Waals surface area contributed by atoms with E-state index >= 15 is 0 Å². The van der Waals surface area contributed by atoms with Crippen LogP contribution in [0.2, 0.25) is 5.02 Å². The third-order valence-corrected chi connectivity index (χ3v) is 3.05. The molecule has 0 bridgehead atoms. The largest absolute Gasteiger partial charge is 0.489 e. The van der Waals surface area contributed by atoms with Gasteiger partial charge in [-0.1, -0.05) is 29.8 Å². The summed E-state index contributed by atoms with van der Waals surface area (Å²) in [6, 6.07) is 10.6. The van der Waals surface area contributed by atoms with Crippen LogP contribution in [-0.2, 0) is 6.61 Å². The minimum Gasteiger partial charge on any atom is -0.489 e. The summed E-state index contributed by atoms with van der Waals surface area (Å²) in [5, 5.41) is 3.95. The number of halogens is 2. The predicted molar refractivity (Wildman–Crippen MR) is 82.5 cm³/mol. The van der Waals surface area contributed by atoms with Crippen LogP contribution >= 0.6 is 11.6 Å². The van der Waals surface area contributed by atoms with Gasteiger partial charge >= 0.3 is 6.03 Å². The summed E-state index contributed by atoms with van der Waals surface area (Å²) in [5.74, 6) is 0.0956. The number of nitrogens with two attached hydrogens (primary N) is 1. The molecule has 2 aromatic rings. The molecule has 5 nitrogen and oxygen atoms in total. The van der Waals surface area contributed by atoms with Crippen LogP contribution < -0.4 is 15.9 Å². The van der Waals surface area contributed by atoms with Crippen molar-refractivity contribution in [2.24, 2.45) is 10.8 Å². The van der Waals surface area contributed by atoms with Gasteiger partial charge in [0.15, 0.2) is 0 Å². The van der Waals surface area contributed by atoms with E-state index in [1.165, 1.54) is 18.3 Å². The Kier molecular flexibility index (Phi) is 5.32. The van der Waals surface area contributed by atoms with Gasteiger partial charge in [0.1, 0.15) is 18.2 Å². The Morgan fingerprint density at radius 2 is 2.14 bits per heavy atom. The van der Waals surface area contributed by atoms with Gasteiger partial charge < -0.3 is 10.5 Å². The Hall–Kier alpha value is -2.60. The van der Waals surface area contributed by atoms with Gasteiger partial charge in [-0.2, -0.15) is 5.10 Å². The van der Waals surface area contributed by atoms with Crippen molar-refractivity contribution in [1.82, 2.24) is 5.43 Å². The van der Waals surface area contributed by atoms with Crippen molar-refractivity contribution in [2.75, 3.05) is 0 Å². The number of nitrogens with one attached hydrogen (secondary N) is 1. The molecule has 0 aliphatic heterocycles. The molecule has 0 saturated heterocycles. The second kappa shape index (κ2) is 7.42. The van der Waals surface area contributed by atoms with Crippen LogP contribution in [0.15, 0.2) is 47.6 Å². The zero-order valence-electron chi connectivity index (χ0n) is 11.4. The van der Waals surface area contributed by atoms with Gasteiger partial charge in [-0.05, 0) is 29.8 Å². The van der Waals surface area contributed by atoms with Crippen LogP contribution in [-0.4, -0.2) is 12.2 Å². The minimum atomic E-state index is -0.752. The zero-order valence-corrected chi connectivity index (χ0v) is 12.2. The Morgan fingerprint density at radius 3 is 2.86 bits per heavy atom. The lowest BCUT2D eigenvalue weighted by molar-refractivity contribution is 0.249. The lowest BCUT2D eigenvalue weighted by Gasteiger charge is -2.09. The number of hydrazone groups is 1. The first-order chi connectivity index (χ1) is 10.6. The maximum Gasteiger partial charge on any atom is 0.332 e. The molecule has 0 heterocycles. The van der Waals surface area contributed by atoms with Gasteiger partial charge in [-0.25, -0.2) is 14.6 Å². The molecule has 0 aliphatic rings. The highest BCUT2D eigenvalue weighted by Gasteiger charge is 2.07. The molecule has 0 aromatic heterocycles. The number of primary amides is 1. The molecule has 114 valence electrons. The normalized spacial score (nSPS) is 10.6. The Balaban J connectivity index is 2.04. The van der Waals surface area contributed by atoms with E-state index < -0.39 is 11.8 Å². The summed E-state index contributed by atoms with van der Waals surface area (Å²) in [5.41, 5.74) is 7.95. The summed E-state index contributed by atoms with van der Waals surface area (Å²) in [7, 11) is 0. The Bertz CT molecular complexity index is 687. The average Bonchev–Trinajstić information content (AvgIpc) is 2.47. The molecule has 0 spiro atoms. The molecule has 0 saturated carbocycles. The van der Waals surface area contributed by atoms with E-state index in [1.807, 2.05) is 0 Å². The van der Waals surface area contributed by atoms with Crippen LogP contribution in [0, 0.1) is 5.82 Å². The lowest BCUT2D eigenvalue weighted by Crippen LogP contribution is -2.24. The SMILES string of the molecule is NC(=O)NN=Cc1cccc(OCc2c(F)cccc2Cl)c1. The van der Waals surface area contributed by atoms with E-state index in [1.54, 1.807) is 30.3 Å². The van der Waals surface area contributed by atoms with Crippen molar-refractivity contribution >= 4 is 23.8 Å². The molecule has 0 atom stereocenters. The molecule has 0 unspecified atom stereocenters. The number of carbonyl (C=O) groups is 1. The monoisotopic (exact) mass is 321 g/mol. The van der Waals surface area contributed by atoms with Crippen LogP contribution in [0.4, 0.5) is 9.18 Å². The number of amides is 2. The number of nitrogens with zero attached hydrogens (tertiary/aromatic N) is 1. The third kappa shape index (κ3) is 4.46. The zero-order chi connectivity index (χ0) is 15.9. The quantitative estimate of drug-likeness (QED) is 0.656. The fraction of sp³-hybridized carbons (Fsp3) is 0.0667. The van der Waals surface area contributed by atoms with E-state index in [2.05, 4.69) is 10.5 Å². The van der Waals surface area contributed by atoms with E-state index in [0.29, 0.717) is 21.9 Å². The molecule has 2 rings (SSSR count). The topological polar surface area (TPSA) is 76.7 Å². The third-order valence-electron chi connectivity index (χ3n) is 2.69. The average molecular weight is 322 g/mol. The molecule has 0 radical (unpaired) electrons. The van der Waals surface area contributed by atoms with Gasteiger partial charge in [0.05, 0.1) is 11.2 Å². The molecule has 0 aliphatic carbocycles. The molecule has 2 aromatic carbocycles. The lowest BCUT2D eigenvalue weighted by atomic mass is 10.2. The van der Waals surface area contributed by atoms with Crippen LogP contribution in [0.3, 0.4) is 0 Å². The number of ether oxygens (including phenoxy) is 1. The standard InChI is InChI=1S/C15H13ClFN3O2/c16-13-5-2-6-14(17)12(13)9-22-11-4-1-3-10(7-11)8-19-20-15(18)21/h1-8H,9H2,(H3,18,20,21). The number of hydrogen-bond donors (Lipinski definition) is 2. The Labute approximate surface area is 131 Å². The molecule has 7 heteroatoms. The van der Waals surface area contributed by atoms with Crippen molar-refractivity contribution in [3.8, 4) is 5.75 Å². The van der Waals surface area contributed by atoms with E-state index in [-0.39, 0.29) is 6.61 Å². The van der Waals surface area contributed by atoms with Gasteiger partial charge in [0.2, 0.25) is 0 Å². The van der Waals surface area contributed by atoms with Crippen LogP contribution in [0.1, 0.15) is 11.1 Å². The number of rotatable bonds is 5.